The summed E-state index contributed by atoms with van der Waals surface area (Å²) in [5.41, 5.74) is 10.6. The van der Waals surface area contributed by atoms with Crippen LogP contribution in [0.5, 0.6) is 6.01 Å². The van der Waals surface area contributed by atoms with Crippen LogP contribution >= 0.6 is 0 Å². The molecule has 1 aromatic carbocycles. The Hall–Kier alpha value is -3.96. The molecule has 3 aromatic heterocycles. The molecule has 0 saturated carbocycles. The van der Waals surface area contributed by atoms with E-state index in [0.29, 0.717) is 35.7 Å². The number of anilines is 1. The topological polar surface area (TPSA) is 106 Å². The highest BCUT2D eigenvalue weighted by molar-refractivity contribution is 5.88. The van der Waals surface area contributed by atoms with Crippen LogP contribution in [-0.2, 0) is 19.7 Å². The molecule has 0 amide bonds. The normalized spacial score (nSPS) is 13.9. The Labute approximate surface area is 192 Å². The second-order valence-corrected chi connectivity index (χ2v) is 8.30. The second-order valence-electron chi connectivity index (χ2n) is 8.30. The van der Waals surface area contributed by atoms with Gasteiger partial charge in [0.1, 0.15) is 24.2 Å². The van der Waals surface area contributed by atoms with Gasteiger partial charge in [-0.05, 0) is 60.8 Å². The van der Waals surface area contributed by atoms with Crippen molar-refractivity contribution in [2.75, 3.05) is 18.8 Å². The maximum atomic E-state index is 9.71. The third-order valence-corrected chi connectivity index (χ3v) is 5.96. The Morgan fingerprint density at radius 1 is 0.939 bits per heavy atom. The highest BCUT2D eigenvalue weighted by atomic mass is 16.5. The molecular formula is C25H25N7O. The minimum atomic E-state index is 0.182. The molecule has 0 unspecified atom stereocenters. The number of benzene rings is 1. The molecule has 0 spiro atoms. The first-order valence-electron chi connectivity index (χ1n) is 11.1. The summed E-state index contributed by atoms with van der Waals surface area (Å²) in [7, 11) is 0. The number of nitrogens with zero attached hydrogens (tertiary/aromatic N) is 6. The van der Waals surface area contributed by atoms with Crippen molar-refractivity contribution in [3.05, 3.63) is 77.2 Å². The Balaban J connectivity index is 1.39. The summed E-state index contributed by atoms with van der Waals surface area (Å²) in [5, 5.41) is 10.4. The third kappa shape index (κ3) is 4.64. The number of likely N-dealkylation sites (tertiary alicyclic amines) is 1. The van der Waals surface area contributed by atoms with Crippen LogP contribution in [0.15, 0.2) is 54.9 Å². The fourth-order valence-corrected chi connectivity index (χ4v) is 4.20. The van der Waals surface area contributed by atoms with E-state index in [0.717, 1.165) is 17.7 Å². The lowest BCUT2D eigenvalue weighted by atomic mass is 10.1. The van der Waals surface area contributed by atoms with E-state index >= 15 is 0 Å². The molecule has 0 bridgehead atoms. The first kappa shape index (κ1) is 20.9. The molecular weight excluding hydrogens is 414 g/mol. The molecule has 0 aliphatic carbocycles. The molecule has 1 aliphatic rings. The summed E-state index contributed by atoms with van der Waals surface area (Å²) < 4.78 is 7.64. The van der Waals surface area contributed by atoms with Gasteiger partial charge in [-0.25, -0.2) is 0 Å². The summed E-state index contributed by atoms with van der Waals surface area (Å²) in [6.45, 7) is 4.15. The van der Waals surface area contributed by atoms with E-state index in [1.165, 1.54) is 31.5 Å². The summed E-state index contributed by atoms with van der Waals surface area (Å²) >= 11 is 0. The number of aromatic nitrogens is 4. The summed E-state index contributed by atoms with van der Waals surface area (Å²) in [6.07, 6.45) is 5.99. The van der Waals surface area contributed by atoms with E-state index < -0.39 is 0 Å². The van der Waals surface area contributed by atoms with Crippen LogP contribution < -0.4 is 10.5 Å². The first-order chi connectivity index (χ1) is 16.2. The zero-order chi connectivity index (χ0) is 22.6. The van der Waals surface area contributed by atoms with Crippen molar-refractivity contribution >= 4 is 16.9 Å². The van der Waals surface area contributed by atoms with Crippen molar-refractivity contribution < 1.29 is 4.74 Å². The highest BCUT2D eigenvalue weighted by Crippen LogP contribution is 2.26. The molecule has 166 valence electrons. The van der Waals surface area contributed by atoms with Crippen LogP contribution in [0.4, 0.5) is 5.82 Å². The number of nitriles is 1. The van der Waals surface area contributed by atoms with Crippen LogP contribution in [0, 0.1) is 11.3 Å². The number of ether oxygens (including phenoxy) is 1. The van der Waals surface area contributed by atoms with Crippen molar-refractivity contribution in [2.24, 2.45) is 0 Å². The van der Waals surface area contributed by atoms with Crippen LogP contribution in [-0.4, -0.2) is 37.5 Å². The van der Waals surface area contributed by atoms with Crippen molar-refractivity contribution in [2.45, 2.75) is 32.5 Å². The van der Waals surface area contributed by atoms with Crippen molar-refractivity contribution in [1.82, 2.24) is 24.4 Å². The fourth-order valence-electron chi connectivity index (χ4n) is 4.20. The van der Waals surface area contributed by atoms with Gasteiger partial charge in [-0.3, -0.25) is 9.88 Å². The molecule has 2 N–H and O–H groups in total. The number of pyridine rings is 1. The second kappa shape index (κ2) is 9.27. The first-order valence-corrected chi connectivity index (χ1v) is 11.1. The van der Waals surface area contributed by atoms with Crippen LogP contribution in [0.2, 0.25) is 0 Å². The van der Waals surface area contributed by atoms with Gasteiger partial charge in [-0.2, -0.15) is 15.2 Å². The molecule has 0 radical (unpaired) electrons. The van der Waals surface area contributed by atoms with Gasteiger partial charge in [0.2, 0.25) is 0 Å². The maximum absolute atomic E-state index is 9.71. The molecule has 0 atom stereocenters. The molecule has 4 heterocycles. The van der Waals surface area contributed by atoms with E-state index in [1.807, 2.05) is 16.7 Å². The number of fused-ring (bicyclic) bond motifs is 1. The number of nitrogen functional groups attached to an aromatic ring is 1. The molecule has 5 rings (SSSR count). The predicted molar refractivity (Wildman–Crippen MR) is 125 cm³/mol. The van der Waals surface area contributed by atoms with Gasteiger partial charge in [-0.15, -0.1) is 0 Å². The Kier molecular flexibility index (Phi) is 5.87. The van der Waals surface area contributed by atoms with E-state index in [9.17, 15) is 5.26 Å². The molecule has 8 heteroatoms. The van der Waals surface area contributed by atoms with E-state index in [-0.39, 0.29) is 6.01 Å². The minimum Gasteiger partial charge on any atom is -0.458 e. The van der Waals surface area contributed by atoms with Crippen molar-refractivity contribution in [3.63, 3.8) is 0 Å². The van der Waals surface area contributed by atoms with Gasteiger partial charge < -0.3 is 15.0 Å². The fraction of sp³-hybridized carbons (Fsp3) is 0.280. The Morgan fingerprint density at radius 3 is 2.33 bits per heavy atom. The Morgan fingerprint density at radius 2 is 1.64 bits per heavy atom. The average Bonchev–Trinajstić information content (AvgIpc) is 3.48. The van der Waals surface area contributed by atoms with Crippen LogP contribution in [0.25, 0.3) is 11.0 Å². The molecule has 1 saturated heterocycles. The minimum absolute atomic E-state index is 0.182. The van der Waals surface area contributed by atoms with E-state index in [4.69, 9.17) is 10.5 Å². The quantitative estimate of drug-likeness (QED) is 0.470. The lowest BCUT2D eigenvalue weighted by Crippen LogP contribution is -2.18. The smallest absolute Gasteiger partial charge is 0.320 e. The SMILES string of the molecule is N#Cc1cc2c(N)nc(OCc3ccncc3)nc2n1Cc1ccc(CN2CCCC2)cc1. The van der Waals surface area contributed by atoms with Gasteiger partial charge in [0.15, 0.2) is 5.65 Å². The van der Waals surface area contributed by atoms with Gasteiger partial charge in [-0.1, -0.05) is 24.3 Å². The average molecular weight is 440 g/mol. The van der Waals surface area contributed by atoms with Gasteiger partial charge in [0, 0.05) is 18.9 Å². The monoisotopic (exact) mass is 439 g/mol. The summed E-state index contributed by atoms with van der Waals surface area (Å²) in [5.74, 6) is 0.293. The zero-order valence-electron chi connectivity index (χ0n) is 18.3. The molecule has 33 heavy (non-hydrogen) atoms. The highest BCUT2D eigenvalue weighted by Gasteiger charge is 2.16. The lowest BCUT2D eigenvalue weighted by Gasteiger charge is -2.15. The number of rotatable bonds is 7. The van der Waals surface area contributed by atoms with Gasteiger partial charge >= 0.3 is 6.01 Å². The maximum Gasteiger partial charge on any atom is 0.320 e. The van der Waals surface area contributed by atoms with Crippen molar-refractivity contribution in [1.29, 1.82) is 5.26 Å². The van der Waals surface area contributed by atoms with Crippen molar-refractivity contribution in [3.8, 4) is 12.1 Å². The molecule has 1 aliphatic heterocycles. The third-order valence-electron chi connectivity index (χ3n) is 5.96. The predicted octanol–water partition coefficient (Wildman–Crippen LogP) is 3.50. The molecule has 1 fully saturated rings. The van der Waals surface area contributed by atoms with E-state index in [1.54, 1.807) is 18.5 Å². The van der Waals surface area contributed by atoms with Gasteiger partial charge in [0.05, 0.1) is 11.9 Å². The van der Waals surface area contributed by atoms with Gasteiger partial charge in [0.25, 0.3) is 0 Å². The molecule has 8 nitrogen and oxygen atoms in total. The summed E-state index contributed by atoms with van der Waals surface area (Å²) in [4.78, 5) is 15.3. The zero-order valence-corrected chi connectivity index (χ0v) is 18.3. The number of nitrogens with two attached hydrogens (primary N) is 1. The lowest BCUT2D eigenvalue weighted by molar-refractivity contribution is 0.282. The number of hydrogen-bond donors (Lipinski definition) is 1. The summed E-state index contributed by atoms with van der Waals surface area (Å²) in [6, 6.07) is 16.5. The largest absolute Gasteiger partial charge is 0.458 e. The van der Waals surface area contributed by atoms with E-state index in [2.05, 4.69) is 50.2 Å². The molecule has 4 aromatic rings. The Bertz CT molecular complexity index is 1290. The van der Waals surface area contributed by atoms with Crippen LogP contribution in [0.3, 0.4) is 0 Å². The van der Waals surface area contributed by atoms with Crippen LogP contribution in [0.1, 0.15) is 35.2 Å². The number of hydrogen-bond acceptors (Lipinski definition) is 7. The standard InChI is InChI=1S/C25H25N7O/c26-14-21-13-22-23(27)29-25(33-17-20-7-9-28-10-8-20)30-24(22)32(21)16-19-5-3-18(4-6-19)15-31-11-1-2-12-31/h3-10,13H,1-2,11-12,15-17H2,(H2,27,29,30).